The maximum atomic E-state index is 12.3. The number of rotatable bonds is 8. The zero-order chi connectivity index (χ0) is 18.4. The van der Waals surface area contributed by atoms with Gasteiger partial charge in [-0.1, -0.05) is 31.5 Å². The van der Waals surface area contributed by atoms with Gasteiger partial charge in [-0.25, -0.2) is 13.4 Å². The molecule has 0 aliphatic carbocycles. The van der Waals surface area contributed by atoms with Gasteiger partial charge in [0.25, 0.3) is 10.0 Å². The molecular weight excluding hydrogens is 358 g/mol. The maximum absolute atomic E-state index is 12.3. The standard InChI is InChI=1S/C17H23N3O3S2/c1-12(2)10-18-16(21)9-6-14-11-24-17(19-14)20-25(22,23)15-7-4-13(3)5-8-15/h4-5,7-8,11-12H,6,9-10H2,1-3H3,(H,18,21)(H,19,20). The smallest absolute Gasteiger partial charge is 0.263 e. The quantitative estimate of drug-likeness (QED) is 0.736. The van der Waals surface area contributed by atoms with Gasteiger partial charge in [-0.3, -0.25) is 9.52 Å². The summed E-state index contributed by atoms with van der Waals surface area (Å²) in [4.78, 5) is 16.2. The van der Waals surface area contributed by atoms with Gasteiger partial charge < -0.3 is 5.32 Å². The zero-order valence-electron chi connectivity index (χ0n) is 14.6. The molecule has 1 amide bonds. The van der Waals surface area contributed by atoms with Gasteiger partial charge in [0.05, 0.1) is 10.6 Å². The van der Waals surface area contributed by atoms with Gasteiger partial charge in [-0.15, -0.1) is 11.3 Å². The minimum absolute atomic E-state index is 0.0245. The number of benzene rings is 1. The van der Waals surface area contributed by atoms with Gasteiger partial charge in [-0.2, -0.15) is 0 Å². The lowest BCUT2D eigenvalue weighted by molar-refractivity contribution is -0.121. The minimum atomic E-state index is -3.65. The van der Waals surface area contributed by atoms with Crippen LogP contribution in [0.15, 0.2) is 34.5 Å². The first-order chi connectivity index (χ1) is 11.8. The number of aryl methyl sites for hydroxylation is 2. The van der Waals surface area contributed by atoms with Crippen LogP contribution in [0.1, 0.15) is 31.5 Å². The fraction of sp³-hybridized carbons (Fsp3) is 0.412. The number of carbonyl (C=O) groups excluding carboxylic acids is 1. The Morgan fingerprint density at radius 1 is 1.24 bits per heavy atom. The summed E-state index contributed by atoms with van der Waals surface area (Å²) in [6, 6.07) is 6.62. The number of sulfonamides is 1. The number of anilines is 1. The molecule has 0 spiro atoms. The van der Waals surface area contributed by atoms with Gasteiger partial charge in [0.15, 0.2) is 5.13 Å². The van der Waals surface area contributed by atoms with Crippen molar-refractivity contribution in [3.05, 3.63) is 40.9 Å². The summed E-state index contributed by atoms with van der Waals surface area (Å²) in [5.41, 5.74) is 1.69. The third kappa shape index (κ3) is 6.13. The third-order valence-electron chi connectivity index (χ3n) is 3.42. The summed E-state index contributed by atoms with van der Waals surface area (Å²) in [6.45, 7) is 6.62. The molecule has 0 atom stereocenters. The number of hydrogen-bond donors (Lipinski definition) is 2. The van der Waals surface area contributed by atoms with E-state index in [1.54, 1.807) is 29.6 Å². The molecule has 2 rings (SSSR count). The van der Waals surface area contributed by atoms with E-state index >= 15 is 0 Å². The maximum Gasteiger partial charge on any atom is 0.263 e. The first-order valence-electron chi connectivity index (χ1n) is 8.07. The molecule has 0 saturated carbocycles. The molecule has 2 aromatic rings. The molecule has 0 aliphatic heterocycles. The summed E-state index contributed by atoms with van der Waals surface area (Å²) < 4.78 is 27.1. The van der Waals surface area contributed by atoms with Crippen LogP contribution in [0.5, 0.6) is 0 Å². The van der Waals surface area contributed by atoms with E-state index in [9.17, 15) is 13.2 Å². The van der Waals surface area contributed by atoms with Gasteiger partial charge in [-0.05, 0) is 31.4 Å². The SMILES string of the molecule is Cc1ccc(S(=O)(=O)Nc2nc(CCC(=O)NCC(C)C)cs2)cc1. The Hall–Kier alpha value is -1.93. The highest BCUT2D eigenvalue weighted by Gasteiger charge is 2.16. The Labute approximate surface area is 152 Å². The Balaban J connectivity index is 1.92. The van der Waals surface area contributed by atoms with Crippen LogP contribution in [-0.2, 0) is 21.2 Å². The van der Waals surface area contributed by atoms with Crippen molar-refractivity contribution in [2.24, 2.45) is 5.92 Å². The molecule has 0 aliphatic rings. The lowest BCUT2D eigenvalue weighted by atomic mass is 10.2. The molecule has 0 radical (unpaired) electrons. The van der Waals surface area contributed by atoms with Crippen molar-refractivity contribution >= 4 is 32.4 Å². The number of thiazole rings is 1. The monoisotopic (exact) mass is 381 g/mol. The van der Waals surface area contributed by atoms with Gasteiger partial charge in [0.2, 0.25) is 5.91 Å². The van der Waals surface area contributed by atoms with E-state index in [1.807, 2.05) is 20.8 Å². The summed E-state index contributed by atoms with van der Waals surface area (Å²) in [5.74, 6) is 0.384. The topological polar surface area (TPSA) is 88.2 Å². The zero-order valence-corrected chi connectivity index (χ0v) is 16.2. The van der Waals surface area contributed by atoms with Crippen LogP contribution in [0, 0.1) is 12.8 Å². The molecule has 0 fully saturated rings. The first kappa shape index (κ1) is 19.4. The Kier molecular flexibility index (Phi) is 6.55. The predicted molar refractivity (Wildman–Crippen MR) is 100 cm³/mol. The van der Waals surface area contributed by atoms with E-state index in [-0.39, 0.29) is 10.8 Å². The number of amides is 1. The highest BCUT2D eigenvalue weighted by Crippen LogP contribution is 2.21. The van der Waals surface area contributed by atoms with E-state index in [4.69, 9.17) is 0 Å². The van der Waals surface area contributed by atoms with Crippen molar-refractivity contribution in [1.29, 1.82) is 0 Å². The molecule has 0 bridgehead atoms. The second kappa shape index (κ2) is 8.44. The molecule has 1 aromatic heterocycles. The molecule has 1 aromatic carbocycles. The highest BCUT2D eigenvalue weighted by atomic mass is 32.2. The Morgan fingerprint density at radius 2 is 1.92 bits per heavy atom. The fourth-order valence-electron chi connectivity index (χ4n) is 2.01. The van der Waals surface area contributed by atoms with Crippen LogP contribution in [0.25, 0.3) is 0 Å². The second-order valence-electron chi connectivity index (χ2n) is 6.26. The summed E-state index contributed by atoms with van der Waals surface area (Å²) in [5, 5.41) is 4.92. The van der Waals surface area contributed by atoms with E-state index in [0.717, 1.165) is 5.56 Å². The molecule has 2 N–H and O–H groups in total. The van der Waals surface area contributed by atoms with E-state index in [1.165, 1.54) is 11.3 Å². The van der Waals surface area contributed by atoms with E-state index in [2.05, 4.69) is 15.0 Å². The minimum Gasteiger partial charge on any atom is -0.356 e. The number of nitrogens with one attached hydrogen (secondary N) is 2. The molecule has 8 heteroatoms. The lowest BCUT2D eigenvalue weighted by Crippen LogP contribution is -2.27. The highest BCUT2D eigenvalue weighted by molar-refractivity contribution is 7.93. The van der Waals surface area contributed by atoms with Crippen LogP contribution in [0.4, 0.5) is 5.13 Å². The van der Waals surface area contributed by atoms with Gasteiger partial charge in [0, 0.05) is 18.3 Å². The average Bonchev–Trinajstić information content (AvgIpc) is 2.98. The number of nitrogens with zero attached hydrogens (tertiary/aromatic N) is 1. The average molecular weight is 382 g/mol. The van der Waals surface area contributed by atoms with Crippen LogP contribution in [-0.4, -0.2) is 25.9 Å². The van der Waals surface area contributed by atoms with Crippen molar-refractivity contribution < 1.29 is 13.2 Å². The number of aromatic nitrogens is 1. The molecule has 25 heavy (non-hydrogen) atoms. The molecule has 1 heterocycles. The largest absolute Gasteiger partial charge is 0.356 e. The van der Waals surface area contributed by atoms with Crippen LogP contribution < -0.4 is 10.0 Å². The Bertz CT molecular complexity index is 812. The third-order valence-corrected chi connectivity index (χ3v) is 5.71. The van der Waals surface area contributed by atoms with Crippen molar-refractivity contribution in [1.82, 2.24) is 10.3 Å². The lowest BCUT2D eigenvalue weighted by Gasteiger charge is -2.06. The Morgan fingerprint density at radius 3 is 2.56 bits per heavy atom. The molecule has 0 unspecified atom stereocenters. The summed E-state index contributed by atoms with van der Waals surface area (Å²) in [6.07, 6.45) is 0.813. The van der Waals surface area contributed by atoms with Crippen LogP contribution in [0.3, 0.4) is 0 Å². The second-order valence-corrected chi connectivity index (χ2v) is 8.80. The van der Waals surface area contributed by atoms with Gasteiger partial charge in [0.1, 0.15) is 0 Å². The van der Waals surface area contributed by atoms with Crippen LogP contribution in [0.2, 0.25) is 0 Å². The number of hydrogen-bond acceptors (Lipinski definition) is 5. The van der Waals surface area contributed by atoms with Gasteiger partial charge >= 0.3 is 0 Å². The molecule has 6 nitrogen and oxygen atoms in total. The van der Waals surface area contributed by atoms with Crippen molar-refractivity contribution in [2.75, 3.05) is 11.3 Å². The number of carbonyl (C=O) groups is 1. The molecule has 0 saturated heterocycles. The summed E-state index contributed by atoms with van der Waals surface area (Å²) in [7, 11) is -3.65. The van der Waals surface area contributed by atoms with Crippen molar-refractivity contribution in [3.63, 3.8) is 0 Å². The molecule has 136 valence electrons. The van der Waals surface area contributed by atoms with E-state index in [0.29, 0.717) is 36.1 Å². The first-order valence-corrected chi connectivity index (χ1v) is 10.4. The normalized spacial score (nSPS) is 11.5. The predicted octanol–water partition coefficient (Wildman–Crippen LogP) is 2.96. The summed E-state index contributed by atoms with van der Waals surface area (Å²) >= 11 is 1.21. The van der Waals surface area contributed by atoms with Crippen LogP contribution >= 0.6 is 11.3 Å². The fourth-order valence-corrected chi connectivity index (χ4v) is 4.01. The van der Waals surface area contributed by atoms with Crippen molar-refractivity contribution in [2.45, 2.75) is 38.5 Å². The van der Waals surface area contributed by atoms with Crippen molar-refractivity contribution in [3.8, 4) is 0 Å². The van der Waals surface area contributed by atoms with E-state index < -0.39 is 10.0 Å². The molecular formula is C17H23N3O3S2.